The van der Waals surface area contributed by atoms with Crippen LogP contribution in [0.3, 0.4) is 0 Å². The lowest BCUT2D eigenvalue weighted by Gasteiger charge is -2.29. The zero-order valence-electron chi connectivity index (χ0n) is 16.5. The number of carbonyl (C=O) groups is 2. The summed E-state index contributed by atoms with van der Waals surface area (Å²) in [6.07, 6.45) is 6.06. The number of nitrogens with zero attached hydrogens (tertiary/aromatic N) is 2. The van der Waals surface area contributed by atoms with E-state index in [-0.39, 0.29) is 6.04 Å². The molecule has 1 aliphatic heterocycles. The molecule has 1 fully saturated rings. The molecule has 1 atom stereocenters. The van der Waals surface area contributed by atoms with E-state index in [0.717, 1.165) is 25.4 Å². The maximum absolute atomic E-state index is 8.93. The number of likely N-dealkylation sites (tertiary alicyclic amines) is 1. The number of piperidine rings is 1. The molecule has 0 radical (unpaired) electrons. The Morgan fingerprint density at radius 2 is 1.59 bits per heavy atom. The molecule has 1 unspecified atom stereocenters. The fourth-order valence-corrected chi connectivity index (χ4v) is 2.75. The predicted molar refractivity (Wildman–Crippen MR) is 100 cm³/mol. The lowest BCUT2D eigenvalue weighted by molar-refractivity contribution is -0.345. The second-order valence-electron chi connectivity index (χ2n) is 6.81. The number of carboxylic acids is 2. The maximum Gasteiger partial charge on any atom is 0.0975 e. The molecule has 0 amide bonds. The van der Waals surface area contributed by atoms with Gasteiger partial charge in [-0.25, -0.2) is 0 Å². The SMILES string of the molecule is CC(C)Cc1ccccc1.CCC(C#N)N1CCCCC1.O=C([O-])C(=O)[O-]. The van der Waals surface area contributed by atoms with Crippen molar-refractivity contribution in [3.05, 3.63) is 35.9 Å². The minimum atomic E-state index is -2.19. The molecule has 1 aromatic rings. The van der Waals surface area contributed by atoms with Crippen molar-refractivity contribution < 1.29 is 19.8 Å². The summed E-state index contributed by atoms with van der Waals surface area (Å²) < 4.78 is 0. The van der Waals surface area contributed by atoms with Gasteiger partial charge < -0.3 is 19.8 Å². The quantitative estimate of drug-likeness (QED) is 0.732. The normalized spacial score (nSPS) is 14.6. The second kappa shape index (κ2) is 14.7. The zero-order valence-corrected chi connectivity index (χ0v) is 16.5. The number of nitriles is 1. The topological polar surface area (TPSA) is 107 Å². The molecule has 0 N–H and O–H groups in total. The van der Waals surface area contributed by atoms with Gasteiger partial charge in [0.2, 0.25) is 0 Å². The molecule has 2 rings (SSSR count). The Balaban J connectivity index is 0.000000394. The van der Waals surface area contributed by atoms with Crippen molar-refractivity contribution in [1.82, 2.24) is 4.90 Å². The van der Waals surface area contributed by atoms with E-state index >= 15 is 0 Å². The summed E-state index contributed by atoms with van der Waals surface area (Å²) in [5.74, 6) is -3.60. The summed E-state index contributed by atoms with van der Waals surface area (Å²) in [6.45, 7) is 8.83. The molecular formula is C21H30N2O4-2. The van der Waals surface area contributed by atoms with Gasteiger partial charge >= 0.3 is 0 Å². The number of carboxylic acid groups (broad SMARTS) is 2. The van der Waals surface area contributed by atoms with Crippen LogP contribution in [0, 0.1) is 17.2 Å². The van der Waals surface area contributed by atoms with Crippen LogP contribution in [0.2, 0.25) is 0 Å². The second-order valence-corrected chi connectivity index (χ2v) is 6.81. The summed E-state index contributed by atoms with van der Waals surface area (Å²) in [5.41, 5.74) is 1.44. The molecule has 0 spiro atoms. The number of hydrogen-bond acceptors (Lipinski definition) is 6. The van der Waals surface area contributed by atoms with E-state index in [2.05, 4.69) is 62.1 Å². The molecule has 0 saturated carbocycles. The fraction of sp³-hybridized carbons (Fsp3) is 0.571. The first-order valence-corrected chi connectivity index (χ1v) is 9.41. The molecular weight excluding hydrogens is 344 g/mol. The third-order valence-electron chi connectivity index (χ3n) is 4.02. The molecule has 150 valence electrons. The third kappa shape index (κ3) is 12.6. The van der Waals surface area contributed by atoms with Crippen LogP contribution in [0.5, 0.6) is 0 Å². The van der Waals surface area contributed by atoms with Crippen LogP contribution >= 0.6 is 0 Å². The Hall–Kier alpha value is -2.39. The fourth-order valence-electron chi connectivity index (χ4n) is 2.75. The highest BCUT2D eigenvalue weighted by molar-refractivity contribution is 6.25. The van der Waals surface area contributed by atoms with Crippen molar-refractivity contribution >= 4 is 11.9 Å². The van der Waals surface area contributed by atoms with E-state index in [1.165, 1.54) is 31.2 Å². The number of carbonyl (C=O) groups excluding carboxylic acids is 2. The highest BCUT2D eigenvalue weighted by Gasteiger charge is 2.17. The highest BCUT2D eigenvalue weighted by Crippen LogP contribution is 2.13. The molecule has 1 aromatic carbocycles. The Kier molecular flexibility index (Phi) is 13.4. The van der Waals surface area contributed by atoms with Crippen molar-refractivity contribution in [2.75, 3.05) is 13.1 Å². The van der Waals surface area contributed by atoms with E-state index in [0.29, 0.717) is 0 Å². The van der Waals surface area contributed by atoms with E-state index < -0.39 is 11.9 Å². The smallest absolute Gasteiger partial charge is 0.0975 e. The Bertz CT molecular complexity index is 564. The van der Waals surface area contributed by atoms with E-state index in [4.69, 9.17) is 25.1 Å². The average molecular weight is 374 g/mol. The minimum Gasteiger partial charge on any atom is -0.543 e. The molecule has 1 aliphatic rings. The van der Waals surface area contributed by atoms with Gasteiger partial charge in [0.25, 0.3) is 0 Å². The van der Waals surface area contributed by atoms with Gasteiger partial charge in [0, 0.05) is 0 Å². The summed E-state index contributed by atoms with van der Waals surface area (Å²) >= 11 is 0. The van der Waals surface area contributed by atoms with Crippen molar-refractivity contribution in [2.45, 2.75) is 58.9 Å². The Morgan fingerprint density at radius 3 is 1.96 bits per heavy atom. The van der Waals surface area contributed by atoms with Gasteiger partial charge in [0.1, 0.15) is 0 Å². The zero-order chi connectivity index (χ0) is 20.7. The van der Waals surface area contributed by atoms with E-state index in [1.807, 2.05) is 0 Å². The van der Waals surface area contributed by atoms with Crippen molar-refractivity contribution in [2.24, 2.45) is 5.92 Å². The lowest BCUT2D eigenvalue weighted by Crippen LogP contribution is -2.42. The van der Waals surface area contributed by atoms with Gasteiger partial charge in [-0.05, 0) is 50.3 Å². The van der Waals surface area contributed by atoms with Crippen molar-refractivity contribution in [3.8, 4) is 6.07 Å². The number of benzene rings is 1. The lowest BCUT2D eigenvalue weighted by atomic mass is 10.0. The van der Waals surface area contributed by atoms with Crippen LogP contribution in [-0.4, -0.2) is 36.0 Å². The van der Waals surface area contributed by atoms with Crippen LogP contribution in [0.15, 0.2) is 30.3 Å². The van der Waals surface area contributed by atoms with Crippen LogP contribution in [0.25, 0.3) is 0 Å². The van der Waals surface area contributed by atoms with Gasteiger partial charge in [-0.3, -0.25) is 4.90 Å². The maximum atomic E-state index is 8.93. The molecule has 27 heavy (non-hydrogen) atoms. The minimum absolute atomic E-state index is 0.176. The summed E-state index contributed by atoms with van der Waals surface area (Å²) in [4.78, 5) is 20.2. The predicted octanol–water partition coefficient (Wildman–Crippen LogP) is 1.15. The molecule has 1 saturated heterocycles. The van der Waals surface area contributed by atoms with Crippen LogP contribution in [0.4, 0.5) is 0 Å². The third-order valence-corrected chi connectivity index (χ3v) is 4.02. The largest absolute Gasteiger partial charge is 0.543 e. The number of aliphatic carboxylic acids is 2. The van der Waals surface area contributed by atoms with Crippen LogP contribution < -0.4 is 10.2 Å². The van der Waals surface area contributed by atoms with Crippen molar-refractivity contribution in [3.63, 3.8) is 0 Å². The average Bonchev–Trinajstić information content (AvgIpc) is 2.65. The molecule has 6 heteroatoms. The van der Waals surface area contributed by atoms with E-state index in [1.54, 1.807) is 0 Å². The Labute approximate surface area is 162 Å². The van der Waals surface area contributed by atoms with Gasteiger partial charge in [-0.1, -0.05) is 57.5 Å². The number of hydrogen-bond donors (Lipinski definition) is 0. The summed E-state index contributed by atoms with van der Waals surface area (Å²) in [5, 5.41) is 26.6. The standard InChI is InChI=1S/C10H14.C9H16N2.C2H2O4/c1-9(2)8-10-6-4-3-5-7-10;1-2-9(8-10)11-6-4-3-5-7-11;3-1(4)2(5)6/h3-7,9H,8H2,1-2H3;9H,2-7H2,1H3;(H,3,4)(H,5,6)/p-2. The van der Waals surface area contributed by atoms with Gasteiger partial charge in [0.15, 0.2) is 0 Å². The first kappa shape index (κ1) is 24.6. The van der Waals surface area contributed by atoms with Crippen LogP contribution in [0.1, 0.15) is 52.0 Å². The highest BCUT2D eigenvalue weighted by atomic mass is 16.4. The molecule has 0 aromatic heterocycles. The Morgan fingerprint density at radius 1 is 1.07 bits per heavy atom. The number of rotatable bonds is 4. The van der Waals surface area contributed by atoms with Gasteiger partial charge in [0.05, 0.1) is 24.0 Å². The molecule has 0 aliphatic carbocycles. The van der Waals surface area contributed by atoms with Gasteiger partial charge in [-0.2, -0.15) is 5.26 Å². The molecule has 6 nitrogen and oxygen atoms in total. The molecule has 0 bridgehead atoms. The first-order valence-electron chi connectivity index (χ1n) is 9.41. The van der Waals surface area contributed by atoms with E-state index in [9.17, 15) is 0 Å². The first-order chi connectivity index (χ1) is 12.8. The summed E-state index contributed by atoms with van der Waals surface area (Å²) in [7, 11) is 0. The monoisotopic (exact) mass is 374 g/mol. The summed E-state index contributed by atoms with van der Waals surface area (Å²) in [6, 6.07) is 13.1. The van der Waals surface area contributed by atoms with Crippen LogP contribution in [-0.2, 0) is 16.0 Å². The van der Waals surface area contributed by atoms with Crippen molar-refractivity contribution in [1.29, 1.82) is 5.26 Å². The molecule has 1 heterocycles. The van der Waals surface area contributed by atoms with Gasteiger partial charge in [-0.15, -0.1) is 0 Å².